The van der Waals surface area contributed by atoms with Gasteiger partial charge in [0.25, 0.3) is 0 Å². The zero-order valence-corrected chi connectivity index (χ0v) is 10.5. The molecule has 1 N–H and O–H groups in total. The Balaban J connectivity index is 1.64. The number of aromatic nitrogens is 3. The van der Waals surface area contributed by atoms with Crippen LogP contribution in [0.2, 0.25) is 0 Å². The maximum atomic E-state index is 4.13. The monoisotopic (exact) mass is 248 g/mol. The predicted molar refractivity (Wildman–Crippen MR) is 68.0 cm³/mol. The molecular formula is C12H16N4S. The Labute approximate surface area is 105 Å². The van der Waals surface area contributed by atoms with E-state index in [1.165, 1.54) is 30.0 Å². The van der Waals surface area contributed by atoms with Gasteiger partial charge < -0.3 is 0 Å². The van der Waals surface area contributed by atoms with E-state index in [0.717, 1.165) is 13.1 Å². The van der Waals surface area contributed by atoms with Crippen molar-refractivity contribution in [2.45, 2.75) is 25.3 Å². The fourth-order valence-corrected chi connectivity index (χ4v) is 3.12. The molecule has 0 spiro atoms. The molecule has 2 aromatic heterocycles. The number of likely N-dealkylation sites (tertiary alicyclic amines) is 1. The van der Waals surface area contributed by atoms with Crippen molar-refractivity contribution >= 4 is 11.3 Å². The van der Waals surface area contributed by atoms with Crippen molar-refractivity contribution in [2.24, 2.45) is 0 Å². The first-order chi connectivity index (χ1) is 8.42. The van der Waals surface area contributed by atoms with Crippen LogP contribution < -0.4 is 0 Å². The lowest BCUT2D eigenvalue weighted by Crippen LogP contribution is -2.33. The second kappa shape index (κ2) is 4.98. The minimum Gasteiger partial charge on any atom is -0.298 e. The van der Waals surface area contributed by atoms with Crippen molar-refractivity contribution < 1.29 is 0 Å². The first kappa shape index (κ1) is 10.9. The van der Waals surface area contributed by atoms with Gasteiger partial charge >= 0.3 is 0 Å². The van der Waals surface area contributed by atoms with E-state index in [-0.39, 0.29) is 0 Å². The standard InChI is InChI=1S/C12H16N4S/c1-2-10(12-3-4-14-15-12)7-16(5-1)8-11-6-13-9-17-11/h3-4,6,9-10H,1-2,5,7-8H2,(H,14,15)/t10-/m1/s1. The van der Waals surface area contributed by atoms with Gasteiger partial charge in [-0.05, 0) is 25.5 Å². The number of aromatic amines is 1. The number of thiazole rings is 1. The number of H-pyrrole nitrogens is 1. The summed E-state index contributed by atoms with van der Waals surface area (Å²) in [4.78, 5) is 8.01. The van der Waals surface area contributed by atoms with Gasteiger partial charge in [-0.15, -0.1) is 11.3 Å². The first-order valence-corrected chi connectivity index (χ1v) is 6.89. The molecule has 4 nitrogen and oxygen atoms in total. The molecule has 0 unspecified atom stereocenters. The smallest absolute Gasteiger partial charge is 0.0794 e. The van der Waals surface area contributed by atoms with Gasteiger partial charge in [0.2, 0.25) is 0 Å². The molecule has 90 valence electrons. The summed E-state index contributed by atoms with van der Waals surface area (Å²) in [5, 5.41) is 7.15. The maximum Gasteiger partial charge on any atom is 0.0794 e. The van der Waals surface area contributed by atoms with Crippen LogP contribution in [0.25, 0.3) is 0 Å². The van der Waals surface area contributed by atoms with E-state index in [4.69, 9.17) is 0 Å². The van der Waals surface area contributed by atoms with Crippen molar-refractivity contribution in [3.05, 3.63) is 34.5 Å². The fourth-order valence-electron chi connectivity index (χ4n) is 2.49. The molecule has 0 aliphatic carbocycles. The second-order valence-corrected chi connectivity index (χ2v) is 5.52. The highest BCUT2D eigenvalue weighted by Crippen LogP contribution is 2.26. The summed E-state index contributed by atoms with van der Waals surface area (Å²) in [6.07, 6.45) is 6.35. The lowest BCUT2D eigenvalue weighted by molar-refractivity contribution is 0.200. The number of rotatable bonds is 3. The molecule has 5 heteroatoms. The van der Waals surface area contributed by atoms with Crippen LogP contribution in [0, 0.1) is 0 Å². The molecule has 17 heavy (non-hydrogen) atoms. The Hall–Kier alpha value is -1.20. The third kappa shape index (κ3) is 2.56. The van der Waals surface area contributed by atoms with Crippen LogP contribution in [-0.4, -0.2) is 33.2 Å². The normalized spacial score (nSPS) is 21.8. The molecular weight excluding hydrogens is 232 g/mol. The highest BCUT2D eigenvalue weighted by Gasteiger charge is 2.22. The summed E-state index contributed by atoms with van der Waals surface area (Å²) < 4.78 is 0. The summed E-state index contributed by atoms with van der Waals surface area (Å²) in [7, 11) is 0. The van der Waals surface area contributed by atoms with Crippen molar-refractivity contribution in [1.29, 1.82) is 0 Å². The molecule has 0 aromatic carbocycles. The topological polar surface area (TPSA) is 44.8 Å². The van der Waals surface area contributed by atoms with Gasteiger partial charge in [-0.3, -0.25) is 15.0 Å². The third-order valence-electron chi connectivity index (χ3n) is 3.33. The Morgan fingerprint density at radius 1 is 1.53 bits per heavy atom. The van der Waals surface area contributed by atoms with E-state index in [1.54, 1.807) is 11.3 Å². The summed E-state index contributed by atoms with van der Waals surface area (Å²) in [6.45, 7) is 3.36. The quantitative estimate of drug-likeness (QED) is 0.906. The summed E-state index contributed by atoms with van der Waals surface area (Å²) in [5.41, 5.74) is 3.19. The van der Waals surface area contributed by atoms with Crippen LogP contribution in [0.3, 0.4) is 0 Å². The van der Waals surface area contributed by atoms with E-state index in [2.05, 4.69) is 26.1 Å². The molecule has 3 heterocycles. The number of piperidine rings is 1. The van der Waals surface area contributed by atoms with Gasteiger partial charge in [0, 0.05) is 42.0 Å². The van der Waals surface area contributed by atoms with Gasteiger partial charge in [0.1, 0.15) is 0 Å². The Morgan fingerprint density at radius 3 is 3.29 bits per heavy atom. The summed E-state index contributed by atoms with van der Waals surface area (Å²) in [5.74, 6) is 0.610. The van der Waals surface area contributed by atoms with Crippen LogP contribution in [-0.2, 0) is 6.54 Å². The van der Waals surface area contributed by atoms with Gasteiger partial charge in [0.15, 0.2) is 0 Å². The maximum absolute atomic E-state index is 4.13. The van der Waals surface area contributed by atoms with E-state index in [1.807, 2.05) is 17.9 Å². The van der Waals surface area contributed by atoms with Crippen LogP contribution in [0.4, 0.5) is 0 Å². The molecule has 1 saturated heterocycles. The molecule has 0 amide bonds. The number of hydrogen-bond acceptors (Lipinski definition) is 4. The van der Waals surface area contributed by atoms with Crippen LogP contribution in [0.1, 0.15) is 29.3 Å². The van der Waals surface area contributed by atoms with Crippen molar-refractivity contribution in [3.63, 3.8) is 0 Å². The van der Waals surface area contributed by atoms with Crippen LogP contribution in [0.5, 0.6) is 0 Å². The SMILES string of the molecule is c1cc([C@@H]2CCCN(Cc3cncs3)C2)[nH]n1. The molecule has 0 radical (unpaired) electrons. The lowest BCUT2D eigenvalue weighted by Gasteiger charge is -2.31. The van der Waals surface area contributed by atoms with Crippen molar-refractivity contribution in [2.75, 3.05) is 13.1 Å². The van der Waals surface area contributed by atoms with Crippen molar-refractivity contribution in [3.8, 4) is 0 Å². The third-order valence-corrected chi connectivity index (χ3v) is 4.09. The molecule has 0 saturated carbocycles. The summed E-state index contributed by atoms with van der Waals surface area (Å²) in [6, 6.07) is 2.10. The fraction of sp³-hybridized carbons (Fsp3) is 0.500. The average molecular weight is 248 g/mol. The number of nitrogens with zero attached hydrogens (tertiary/aromatic N) is 3. The van der Waals surface area contributed by atoms with Gasteiger partial charge in [-0.2, -0.15) is 5.10 Å². The molecule has 1 aliphatic rings. The average Bonchev–Trinajstić information content (AvgIpc) is 3.01. The van der Waals surface area contributed by atoms with E-state index in [0.29, 0.717) is 5.92 Å². The highest BCUT2D eigenvalue weighted by atomic mass is 32.1. The molecule has 1 atom stereocenters. The van der Waals surface area contributed by atoms with E-state index in [9.17, 15) is 0 Å². The number of hydrogen-bond donors (Lipinski definition) is 1. The lowest BCUT2D eigenvalue weighted by atomic mass is 9.95. The van der Waals surface area contributed by atoms with E-state index < -0.39 is 0 Å². The Morgan fingerprint density at radius 2 is 2.53 bits per heavy atom. The highest BCUT2D eigenvalue weighted by molar-refractivity contribution is 7.09. The van der Waals surface area contributed by atoms with Crippen molar-refractivity contribution in [1.82, 2.24) is 20.1 Å². The van der Waals surface area contributed by atoms with Crippen LogP contribution >= 0.6 is 11.3 Å². The minimum atomic E-state index is 0.610. The molecule has 0 bridgehead atoms. The zero-order valence-electron chi connectivity index (χ0n) is 9.67. The second-order valence-electron chi connectivity index (χ2n) is 4.55. The first-order valence-electron chi connectivity index (χ1n) is 6.01. The Bertz CT molecular complexity index is 437. The molecule has 1 fully saturated rings. The van der Waals surface area contributed by atoms with E-state index >= 15 is 0 Å². The largest absolute Gasteiger partial charge is 0.298 e. The molecule has 1 aliphatic heterocycles. The number of nitrogens with one attached hydrogen (secondary N) is 1. The van der Waals surface area contributed by atoms with Gasteiger partial charge in [-0.1, -0.05) is 0 Å². The van der Waals surface area contributed by atoms with Gasteiger partial charge in [0.05, 0.1) is 5.51 Å². The Kier molecular flexibility index (Phi) is 3.20. The summed E-state index contributed by atoms with van der Waals surface area (Å²) >= 11 is 1.74. The zero-order chi connectivity index (χ0) is 11.5. The molecule has 3 rings (SSSR count). The minimum absolute atomic E-state index is 0.610. The van der Waals surface area contributed by atoms with Crippen LogP contribution in [0.15, 0.2) is 24.0 Å². The molecule has 2 aromatic rings. The van der Waals surface area contributed by atoms with Gasteiger partial charge in [-0.25, -0.2) is 0 Å². The predicted octanol–water partition coefficient (Wildman–Crippen LogP) is 2.25.